The van der Waals surface area contributed by atoms with Gasteiger partial charge >= 0.3 is 0 Å². The number of aliphatic hydroxyl groups excluding tert-OH is 1. The molecule has 5 heteroatoms. The third-order valence-corrected chi connectivity index (χ3v) is 2.48. The number of benzene rings is 1. The first kappa shape index (κ1) is 9.67. The van der Waals surface area contributed by atoms with Gasteiger partial charge in [0.05, 0.1) is 0 Å². The van der Waals surface area contributed by atoms with E-state index < -0.39 is 12.0 Å². The van der Waals surface area contributed by atoms with Gasteiger partial charge in [0.1, 0.15) is 6.10 Å². The van der Waals surface area contributed by atoms with Gasteiger partial charge in [-0.3, -0.25) is 4.79 Å². The fourth-order valence-electron chi connectivity index (χ4n) is 1.67. The largest absolute Gasteiger partial charge is 0.410 e. The SMILES string of the molecule is CN1C(=O)/C(=N/O)[C@@H](O)c2ccccc21. The maximum Gasteiger partial charge on any atom is 0.278 e. The molecular weight excluding hydrogens is 196 g/mol. The van der Waals surface area contributed by atoms with E-state index in [2.05, 4.69) is 5.16 Å². The molecule has 0 bridgehead atoms. The molecule has 1 aromatic carbocycles. The van der Waals surface area contributed by atoms with Crippen molar-refractivity contribution in [1.29, 1.82) is 0 Å². The van der Waals surface area contributed by atoms with Crippen molar-refractivity contribution in [2.75, 3.05) is 11.9 Å². The van der Waals surface area contributed by atoms with Crippen molar-refractivity contribution in [3.8, 4) is 0 Å². The molecule has 1 amide bonds. The topological polar surface area (TPSA) is 73.1 Å². The van der Waals surface area contributed by atoms with E-state index in [-0.39, 0.29) is 5.71 Å². The number of aliphatic hydroxyl groups is 1. The summed E-state index contributed by atoms with van der Waals surface area (Å²) in [4.78, 5) is 12.9. The summed E-state index contributed by atoms with van der Waals surface area (Å²) >= 11 is 0. The zero-order valence-corrected chi connectivity index (χ0v) is 8.08. The first-order valence-electron chi connectivity index (χ1n) is 4.44. The lowest BCUT2D eigenvalue weighted by Gasteiger charge is -2.29. The zero-order chi connectivity index (χ0) is 11.0. The third-order valence-electron chi connectivity index (χ3n) is 2.48. The summed E-state index contributed by atoms with van der Waals surface area (Å²) in [5.41, 5.74) is 0.936. The number of carbonyl (C=O) groups is 1. The molecule has 1 aliphatic rings. The normalized spacial score (nSPS) is 23.1. The number of fused-ring (bicyclic) bond motifs is 1. The van der Waals surface area contributed by atoms with Crippen molar-refractivity contribution in [3.05, 3.63) is 29.8 Å². The molecule has 5 nitrogen and oxygen atoms in total. The highest BCUT2D eigenvalue weighted by molar-refractivity contribution is 6.46. The number of oxime groups is 1. The Labute approximate surface area is 86.2 Å². The summed E-state index contributed by atoms with van der Waals surface area (Å²) in [6, 6.07) is 6.94. The van der Waals surface area contributed by atoms with Crippen LogP contribution in [-0.4, -0.2) is 29.0 Å². The monoisotopic (exact) mass is 206 g/mol. The van der Waals surface area contributed by atoms with E-state index in [1.54, 1.807) is 31.3 Å². The van der Waals surface area contributed by atoms with Gasteiger partial charge in [-0.2, -0.15) is 0 Å². The Hall–Kier alpha value is -1.88. The molecule has 0 spiro atoms. The number of nitrogens with zero attached hydrogens (tertiary/aromatic N) is 2. The first-order valence-corrected chi connectivity index (χ1v) is 4.44. The molecule has 0 aromatic heterocycles. The molecule has 0 unspecified atom stereocenters. The number of hydrogen-bond acceptors (Lipinski definition) is 4. The average Bonchev–Trinajstić information content (AvgIpc) is 2.27. The van der Waals surface area contributed by atoms with Crippen molar-refractivity contribution in [2.24, 2.45) is 5.16 Å². The van der Waals surface area contributed by atoms with E-state index in [0.29, 0.717) is 11.3 Å². The van der Waals surface area contributed by atoms with Crippen LogP contribution in [0, 0.1) is 0 Å². The predicted molar refractivity (Wildman–Crippen MR) is 54.0 cm³/mol. The van der Waals surface area contributed by atoms with E-state index >= 15 is 0 Å². The van der Waals surface area contributed by atoms with Gasteiger partial charge in [-0.25, -0.2) is 0 Å². The standard InChI is InChI=1S/C10H10N2O3/c1-12-7-5-3-2-4-6(7)9(13)8(11-15)10(12)14/h2-5,9,13,15H,1H3/b11-8+/t9-/m0/s1. The van der Waals surface area contributed by atoms with Crippen LogP contribution in [0.25, 0.3) is 0 Å². The number of rotatable bonds is 0. The van der Waals surface area contributed by atoms with Crippen LogP contribution in [0.2, 0.25) is 0 Å². The Morgan fingerprint density at radius 2 is 2.07 bits per heavy atom. The molecule has 0 saturated heterocycles. The second-order valence-corrected chi connectivity index (χ2v) is 3.31. The first-order chi connectivity index (χ1) is 7.16. The predicted octanol–water partition coefficient (Wildman–Crippen LogP) is 0.527. The van der Waals surface area contributed by atoms with Crippen LogP contribution in [0.5, 0.6) is 0 Å². The minimum Gasteiger partial charge on any atom is -0.410 e. The number of para-hydroxylation sites is 1. The number of hydrogen-bond donors (Lipinski definition) is 2. The number of carbonyl (C=O) groups excluding carboxylic acids is 1. The summed E-state index contributed by atoms with van der Waals surface area (Å²) in [6.45, 7) is 0. The Morgan fingerprint density at radius 3 is 2.73 bits per heavy atom. The fourth-order valence-corrected chi connectivity index (χ4v) is 1.67. The van der Waals surface area contributed by atoms with Crippen LogP contribution in [0.15, 0.2) is 29.4 Å². The van der Waals surface area contributed by atoms with Crippen LogP contribution in [0.1, 0.15) is 11.7 Å². The minimum absolute atomic E-state index is 0.254. The second-order valence-electron chi connectivity index (χ2n) is 3.31. The Morgan fingerprint density at radius 1 is 1.40 bits per heavy atom. The van der Waals surface area contributed by atoms with Crippen molar-refractivity contribution >= 4 is 17.3 Å². The number of anilines is 1. The molecule has 2 N–H and O–H groups in total. The van der Waals surface area contributed by atoms with Crippen LogP contribution in [0.4, 0.5) is 5.69 Å². The molecule has 15 heavy (non-hydrogen) atoms. The Balaban J connectivity index is 2.62. The molecule has 0 fully saturated rings. The van der Waals surface area contributed by atoms with Crippen LogP contribution in [0.3, 0.4) is 0 Å². The molecule has 1 aliphatic heterocycles. The van der Waals surface area contributed by atoms with Gasteiger partial charge in [0, 0.05) is 18.3 Å². The summed E-state index contributed by atoms with van der Waals surface area (Å²) in [5, 5.41) is 21.3. The molecule has 78 valence electrons. The third kappa shape index (κ3) is 1.28. The Bertz CT molecular complexity index is 442. The summed E-state index contributed by atoms with van der Waals surface area (Å²) in [7, 11) is 1.57. The highest BCUT2D eigenvalue weighted by Gasteiger charge is 2.34. The van der Waals surface area contributed by atoms with E-state index in [0.717, 1.165) is 0 Å². The van der Waals surface area contributed by atoms with Crippen LogP contribution < -0.4 is 4.90 Å². The molecule has 1 heterocycles. The molecule has 1 aromatic rings. The maximum absolute atomic E-state index is 11.6. The highest BCUT2D eigenvalue weighted by atomic mass is 16.4. The van der Waals surface area contributed by atoms with E-state index in [1.807, 2.05) is 0 Å². The summed E-state index contributed by atoms with van der Waals surface area (Å²) in [6.07, 6.45) is -1.16. The van der Waals surface area contributed by atoms with Crippen molar-refractivity contribution in [1.82, 2.24) is 0 Å². The Kier molecular flexibility index (Phi) is 2.17. The van der Waals surface area contributed by atoms with Gasteiger partial charge in [-0.05, 0) is 6.07 Å². The molecule has 0 radical (unpaired) electrons. The van der Waals surface area contributed by atoms with Crippen molar-refractivity contribution < 1.29 is 15.1 Å². The van der Waals surface area contributed by atoms with Gasteiger partial charge < -0.3 is 15.2 Å². The van der Waals surface area contributed by atoms with Crippen LogP contribution in [-0.2, 0) is 4.79 Å². The summed E-state index contributed by atoms with van der Waals surface area (Å²) < 4.78 is 0. The average molecular weight is 206 g/mol. The van der Waals surface area contributed by atoms with Gasteiger partial charge in [-0.15, -0.1) is 0 Å². The molecule has 0 aliphatic carbocycles. The lowest BCUT2D eigenvalue weighted by Crippen LogP contribution is -2.41. The van der Waals surface area contributed by atoms with Gasteiger partial charge in [-0.1, -0.05) is 23.4 Å². The zero-order valence-electron chi connectivity index (χ0n) is 8.08. The van der Waals surface area contributed by atoms with Gasteiger partial charge in [0.25, 0.3) is 5.91 Å². The lowest BCUT2D eigenvalue weighted by atomic mass is 9.97. The molecule has 0 saturated carbocycles. The van der Waals surface area contributed by atoms with Crippen molar-refractivity contribution in [3.63, 3.8) is 0 Å². The van der Waals surface area contributed by atoms with Gasteiger partial charge in [0.15, 0.2) is 5.71 Å². The lowest BCUT2D eigenvalue weighted by molar-refractivity contribution is -0.113. The molecular formula is C10H10N2O3. The smallest absolute Gasteiger partial charge is 0.278 e. The molecule has 1 atom stereocenters. The van der Waals surface area contributed by atoms with Crippen LogP contribution >= 0.6 is 0 Å². The fraction of sp³-hybridized carbons (Fsp3) is 0.200. The van der Waals surface area contributed by atoms with Gasteiger partial charge in [0.2, 0.25) is 0 Å². The minimum atomic E-state index is -1.16. The van der Waals surface area contributed by atoms with E-state index in [4.69, 9.17) is 5.21 Å². The second kappa shape index (κ2) is 3.36. The highest BCUT2D eigenvalue weighted by Crippen LogP contribution is 2.31. The maximum atomic E-state index is 11.6. The number of amides is 1. The van der Waals surface area contributed by atoms with E-state index in [9.17, 15) is 9.90 Å². The summed E-state index contributed by atoms with van der Waals surface area (Å²) in [5.74, 6) is -0.497. The van der Waals surface area contributed by atoms with Crippen molar-refractivity contribution in [2.45, 2.75) is 6.10 Å². The quantitative estimate of drug-likeness (QED) is 0.480. The van der Waals surface area contributed by atoms with E-state index in [1.165, 1.54) is 4.90 Å². The molecule has 2 rings (SSSR count).